The number of fused-ring (bicyclic) bond motifs is 3. The minimum Gasteiger partial charge on any atom is -0.354 e. The fourth-order valence-electron chi connectivity index (χ4n) is 5.73. The summed E-state index contributed by atoms with van der Waals surface area (Å²) in [6.07, 6.45) is 5.58. The molecule has 2 N–H and O–H groups in total. The number of hydrogen-bond acceptors (Lipinski definition) is 5. The Bertz CT molecular complexity index is 1340. The first-order valence-electron chi connectivity index (χ1n) is 12.3. The lowest BCUT2D eigenvalue weighted by molar-refractivity contribution is -0.300. The number of nitrogens with one attached hydrogen (secondary N) is 2. The molecule has 6 rings (SSSR count). The highest BCUT2D eigenvalue weighted by molar-refractivity contribution is 5.94. The van der Waals surface area contributed by atoms with Gasteiger partial charge in [-0.15, -0.1) is 0 Å². The summed E-state index contributed by atoms with van der Waals surface area (Å²) in [6.45, 7) is 7.74. The second-order valence-corrected chi connectivity index (χ2v) is 10.5. The van der Waals surface area contributed by atoms with Crippen molar-refractivity contribution in [3.8, 4) is 11.3 Å². The van der Waals surface area contributed by atoms with E-state index in [2.05, 4.69) is 56.1 Å². The van der Waals surface area contributed by atoms with E-state index in [4.69, 9.17) is 9.47 Å². The fourth-order valence-corrected chi connectivity index (χ4v) is 5.73. The highest BCUT2D eigenvalue weighted by atomic mass is 16.7. The Morgan fingerprint density at radius 2 is 2.03 bits per heavy atom. The Morgan fingerprint density at radius 3 is 2.91 bits per heavy atom. The highest BCUT2D eigenvalue weighted by Gasteiger charge is 2.40. The summed E-state index contributed by atoms with van der Waals surface area (Å²) in [5, 5.41) is 1.21. The molecule has 0 spiro atoms. The first-order valence-corrected chi connectivity index (χ1v) is 12.3. The predicted octanol–water partition coefficient (Wildman–Crippen LogP) is 5.17. The third-order valence-electron chi connectivity index (χ3n) is 7.50. The molecule has 3 aromatic heterocycles. The molecule has 2 aliphatic rings. The molecule has 7 nitrogen and oxygen atoms in total. The predicted molar refractivity (Wildman–Crippen MR) is 133 cm³/mol. The third-order valence-corrected chi connectivity index (χ3v) is 7.50. The number of ether oxygens (including phenoxy) is 2. The lowest BCUT2D eigenvalue weighted by Gasteiger charge is -2.46. The van der Waals surface area contributed by atoms with E-state index in [1.54, 1.807) is 0 Å². The molecule has 0 radical (unpaired) electrons. The van der Waals surface area contributed by atoms with Crippen molar-refractivity contribution in [2.45, 2.75) is 64.5 Å². The summed E-state index contributed by atoms with van der Waals surface area (Å²) in [6, 6.07) is 11.5. The maximum absolute atomic E-state index is 6.18. The van der Waals surface area contributed by atoms with Gasteiger partial charge in [0.2, 0.25) is 0 Å². The number of aromatic amines is 2. The number of imidazole rings is 1. The van der Waals surface area contributed by atoms with Crippen molar-refractivity contribution in [2.75, 3.05) is 13.7 Å². The zero-order chi connectivity index (χ0) is 23.4. The molecule has 1 saturated heterocycles. The van der Waals surface area contributed by atoms with Crippen LogP contribution in [0.25, 0.3) is 33.3 Å². The second-order valence-electron chi connectivity index (χ2n) is 10.5. The molecule has 1 aliphatic heterocycles. The number of aryl methyl sites for hydroxylation is 1. The normalized spacial score (nSPS) is 24.7. The molecule has 7 heteroatoms. The topological polar surface area (TPSA) is 79.1 Å². The number of pyridine rings is 1. The Kier molecular flexibility index (Phi) is 5.24. The van der Waals surface area contributed by atoms with Crippen LogP contribution >= 0.6 is 0 Å². The summed E-state index contributed by atoms with van der Waals surface area (Å²) >= 11 is 0. The molecular weight excluding hydrogens is 426 g/mol. The third kappa shape index (κ3) is 4.02. The van der Waals surface area contributed by atoms with E-state index < -0.39 is 5.79 Å². The SMILES string of the molecule is Cc1nc2c(-c3cc4ccc(CN(C)C5CCC6OC(C)(C)OCC6C5)cc4[nH]3)ccnc2[nH]1. The molecule has 1 aromatic carbocycles. The molecule has 1 saturated carbocycles. The Hall–Kier alpha value is -2.74. The smallest absolute Gasteiger partial charge is 0.163 e. The van der Waals surface area contributed by atoms with Crippen LogP contribution < -0.4 is 0 Å². The van der Waals surface area contributed by atoms with Gasteiger partial charge in [0.1, 0.15) is 11.3 Å². The van der Waals surface area contributed by atoms with E-state index in [1.165, 1.54) is 17.4 Å². The van der Waals surface area contributed by atoms with Crippen LogP contribution in [0.15, 0.2) is 36.5 Å². The van der Waals surface area contributed by atoms with Gasteiger partial charge in [-0.3, -0.25) is 4.90 Å². The first kappa shape index (κ1) is 21.8. The number of H-pyrrole nitrogens is 2. The zero-order valence-corrected chi connectivity index (χ0v) is 20.4. The van der Waals surface area contributed by atoms with Crippen molar-refractivity contribution in [2.24, 2.45) is 5.92 Å². The van der Waals surface area contributed by atoms with Crippen molar-refractivity contribution in [1.29, 1.82) is 0 Å². The molecule has 178 valence electrons. The minimum atomic E-state index is -0.442. The molecule has 0 amide bonds. The van der Waals surface area contributed by atoms with Gasteiger partial charge in [-0.1, -0.05) is 12.1 Å². The highest BCUT2D eigenvalue weighted by Crippen LogP contribution is 2.37. The van der Waals surface area contributed by atoms with Crippen molar-refractivity contribution in [1.82, 2.24) is 24.8 Å². The monoisotopic (exact) mass is 459 g/mol. The van der Waals surface area contributed by atoms with Crippen LogP contribution in [0.1, 0.15) is 44.5 Å². The van der Waals surface area contributed by atoms with Crippen LogP contribution in [0.2, 0.25) is 0 Å². The van der Waals surface area contributed by atoms with Gasteiger partial charge in [0.15, 0.2) is 11.4 Å². The lowest BCUT2D eigenvalue weighted by Crippen LogP contribution is -2.51. The van der Waals surface area contributed by atoms with Gasteiger partial charge < -0.3 is 19.4 Å². The Labute approximate surface area is 199 Å². The standard InChI is InChI=1S/C27H33N5O2/c1-16-29-25-21(9-10-28-26(25)30-16)23-13-18-6-5-17(11-22(18)31-23)14-32(4)20-7-8-24-19(12-20)15-33-27(2,3)34-24/h5-6,9-11,13,19-20,24,31H,7-8,12,14-15H2,1-4H3,(H,28,29,30). The molecule has 4 heterocycles. The van der Waals surface area contributed by atoms with E-state index in [9.17, 15) is 0 Å². The molecule has 3 atom stereocenters. The van der Waals surface area contributed by atoms with Crippen LogP contribution in [0, 0.1) is 12.8 Å². The van der Waals surface area contributed by atoms with E-state index in [0.717, 1.165) is 59.8 Å². The maximum atomic E-state index is 6.18. The van der Waals surface area contributed by atoms with Crippen molar-refractivity contribution in [3.05, 3.63) is 47.9 Å². The fraction of sp³-hybridized carbons (Fsp3) is 0.481. The Morgan fingerprint density at radius 1 is 1.15 bits per heavy atom. The van der Waals surface area contributed by atoms with Crippen LogP contribution in [-0.4, -0.2) is 56.4 Å². The molecule has 3 unspecified atom stereocenters. The lowest BCUT2D eigenvalue weighted by atomic mass is 9.82. The summed E-state index contributed by atoms with van der Waals surface area (Å²) in [4.78, 5) is 18.4. The molecule has 4 aromatic rings. The molecule has 1 aliphatic carbocycles. The summed E-state index contributed by atoms with van der Waals surface area (Å²) < 4.78 is 12.1. The van der Waals surface area contributed by atoms with Gasteiger partial charge in [0.05, 0.1) is 12.7 Å². The van der Waals surface area contributed by atoms with E-state index >= 15 is 0 Å². The average Bonchev–Trinajstić information content (AvgIpc) is 3.40. The van der Waals surface area contributed by atoms with E-state index in [-0.39, 0.29) is 0 Å². The molecule has 2 fully saturated rings. The van der Waals surface area contributed by atoms with Crippen molar-refractivity contribution < 1.29 is 9.47 Å². The van der Waals surface area contributed by atoms with Crippen molar-refractivity contribution >= 4 is 22.1 Å². The van der Waals surface area contributed by atoms with Gasteiger partial charge in [-0.25, -0.2) is 9.97 Å². The number of rotatable bonds is 4. The largest absolute Gasteiger partial charge is 0.354 e. The number of benzene rings is 1. The molecule has 34 heavy (non-hydrogen) atoms. The van der Waals surface area contributed by atoms with E-state index in [0.29, 0.717) is 18.1 Å². The van der Waals surface area contributed by atoms with Crippen LogP contribution in [0.4, 0.5) is 0 Å². The molecular formula is C27H33N5O2. The van der Waals surface area contributed by atoms with Gasteiger partial charge in [0, 0.05) is 46.9 Å². The second kappa shape index (κ2) is 8.18. The summed E-state index contributed by atoms with van der Waals surface area (Å²) in [5.41, 5.74) is 6.33. The number of hydrogen-bond donors (Lipinski definition) is 2. The average molecular weight is 460 g/mol. The summed E-state index contributed by atoms with van der Waals surface area (Å²) in [7, 11) is 2.25. The zero-order valence-electron chi connectivity index (χ0n) is 20.4. The Balaban J connectivity index is 1.19. The quantitative estimate of drug-likeness (QED) is 0.440. The van der Waals surface area contributed by atoms with Gasteiger partial charge in [-0.2, -0.15) is 0 Å². The summed E-state index contributed by atoms with van der Waals surface area (Å²) in [5.74, 6) is 0.924. The first-order chi connectivity index (χ1) is 16.3. The van der Waals surface area contributed by atoms with Crippen LogP contribution in [0.5, 0.6) is 0 Å². The maximum Gasteiger partial charge on any atom is 0.163 e. The van der Waals surface area contributed by atoms with Crippen LogP contribution in [0.3, 0.4) is 0 Å². The van der Waals surface area contributed by atoms with Gasteiger partial charge in [0.25, 0.3) is 0 Å². The van der Waals surface area contributed by atoms with Gasteiger partial charge in [-0.05, 0) is 70.8 Å². The number of nitrogens with zero attached hydrogens (tertiary/aromatic N) is 3. The van der Waals surface area contributed by atoms with Crippen LogP contribution in [-0.2, 0) is 16.0 Å². The molecule has 0 bridgehead atoms. The minimum absolute atomic E-state index is 0.333. The van der Waals surface area contributed by atoms with Crippen molar-refractivity contribution in [3.63, 3.8) is 0 Å². The van der Waals surface area contributed by atoms with Gasteiger partial charge >= 0.3 is 0 Å². The van der Waals surface area contributed by atoms with E-state index in [1.807, 2.05) is 33.0 Å². The number of aromatic nitrogens is 4.